The third-order valence-corrected chi connectivity index (χ3v) is 13.5. The molecule has 3 heterocycles. The van der Waals surface area contributed by atoms with E-state index in [2.05, 4.69) is 229 Å². The summed E-state index contributed by atoms with van der Waals surface area (Å²) in [6.07, 6.45) is 0. The van der Waals surface area contributed by atoms with E-state index < -0.39 is 0 Å². The van der Waals surface area contributed by atoms with Crippen molar-refractivity contribution in [2.75, 3.05) is 0 Å². The van der Waals surface area contributed by atoms with Crippen LogP contribution < -0.4 is 0 Å². The number of para-hydroxylation sites is 2. The summed E-state index contributed by atoms with van der Waals surface area (Å²) in [7, 11) is 0. The van der Waals surface area contributed by atoms with E-state index in [1.807, 2.05) is 0 Å². The van der Waals surface area contributed by atoms with Crippen LogP contribution in [0.4, 0.5) is 0 Å². The molecule has 4 nitrogen and oxygen atoms in total. The van der Waals surface area contributed by atoms with Crippen LogP contribution in [0, 0.1) is 0 Å². The molecule has 0 atom stereocenters. The first-order chi connectivity index (χ1) is 31.0. The first-order valence-corrected chi connectivity index (χ1v) is 21.7. The van der Waals surface area contributed by atoms with Crippen molar-refractivity contribution in [3.8, 4) is 56.4 Å². The van der Waals surface area contributed by atoms with Gasteiger partial charge in [0, 0.05) is 60.6 Å². The Bertz CT molecular complexity index is 3810. The average Bonchev–Trinajstić information content (AvgIpc) is 3.94. The SMILES string of the molecule is CC1(C)c2ccccc2-c2nc(-c3ccc(-n4c5ccccc5c5cc(-c6ccc7c(c6)c6ccccc6n7-c6ccc7ccccc7c6)ccc54)cc3)nc(-c3ccccc3)c21. The van der Waals surface area contributed by atoms with Crippen LogP contribution in [-0.4, -0.2) is 19.1 Å². The molecule has 3 aromatic heterocycles. The van der Waals surface area contributed by atoms with E-state index in [9.17, 15) is 0 Å². The van der Waals surface area contributed by atoms with Gasteiger partial charge >= 0.3 is 0 Å². The van der Waals surface area contributed by atoms with E-state index in [4.69, 9.17) is 9.97 Å². The zero-order chi connectivity index (χ0) is 41.8. The highest BCUT2D eigenvalue weighted by atomic mass is 15.0. The first-order valence-electron chi connectivity index (χ1n) is 21.7. The quantitative estimate of drug-likeness (QED) is 0.174. The molecule has 0 radical (unpaired) electrons. The molecule has 13 rings (SSSR count). The fourth-order valence-electron chi connectivity index (χ4n) is 10.5. The summed E-state index contributed by atoms with van der Waals surface area (Å²) < 4.78 is 4.79. The second-order valence-corrected chi connectivity index (χ2v) is 17.4. The maximum absolute atomic E-state index is 5.34. The summed E-state index contributed by atoms with van der Waals surface area (Å²) in [5.41, 5.74) is 17.0. The Hall–Kier alpha value is -8.08. The van der Waals surface area contributed by atoms with Gasteiger partial charge in [-0.25, -0.2) is 9.97 Å². The third kappa shape index (κ3) is 5.34. The molecule has 0 saturated carbocycles. The standard InChI is InChI=1S/C59H40N4/c1-59(2)50-21-11-8-20-47(50)57-55(59)56(38-15-4-3-5-16-38)60-58(61-57)39-25-29-43(30-26-39)62-51-22-12-9-18-45(51)48-35-41(27-32-53(48)62)42-28-33-54-49(36-42)46-19-10-13-23-52(46)63(54)44-31-24-37-14-6-7-17-40(37)34-44/h3-36H,1-2H3. The smallest absolute Gasteiger partial charge is 0.160 e. The van der Waals surface area contributed by atoms with Crippen molar-refractivity contribution in [2.45, 2.75) is 19.3 Å². The van der Waals surface area contributed by atoms with Gasteiger partial charge in [-0.05, 0) is 100 Å². The highest BCUT2D eigenvalue weighted by Crippen LogP contribution is 2.51. The Labute approximate surface area is 365 Å². The van der Waals surface area contributed by atoms with Crippen molar-refractivity contribution in [2.24, 2.45) is 0 Å². The van der Waals surface area contributed by atoms with E-state index in [1.54, 1.807) is 0 Å². The zero-order valence-corrected chi connectivity index (χ0v) is 34.9. The summed E-state index contributed by atoms with van der Waals surface area (Å²) in [5.74, 6) is 0.732. The first kappa shape index (κ1) is 35.7. The van der Waals surface area contributed by atoms with Crippen molar-refractivity contribution in [1.29, 1.82) is 0 Å². The van der Waals surface area contributed by atoms with Gasteiger partial charge in [0.2, 0.25) is 0 Å². The average molecular weight is 805 g/mol. The molecule has 0 saturated heterocycles. The van der Waals surface area contributed by atoms with E-state index in [1.165, 1.54) is 87.9 Å². The van der Waals surface area contributed by atoms with Crippen molar-refractivity contribution in [3.05, 3.63) is 217 Å². The van der Waals surface area contributed by atoms with Crippen molar-refractivity contribution >= 4 is 54.4 Å². The molecule has 0 fully saturated rings. The number of hydrogen-bond acceptors (Lipinski definition) is 2. The number of aromatic nitrogens is 4. The molecule has 296 valence electrons. The maximum atomic E-state index is 5.34. The van der Waals surface area contributed by atoms with Gasteiger partial charge in [0.1, 0.15) is 0 Å². The molecular formula is C59H40N4. The van der Waals surface area contributed by atoms with Crippen LogP contribution in [0.15, 0.2) is 206 Å². The van der Waals surface area contributed by atoms with Crippen LogP contribution >= 0.6 is 0 Å². The lowest BCUT2D eigenvalue weighted by Gasteiger charge is -2.23. The molecule has 4 heteroatoms. The predicted molar refractivity (Wildman–Crippen MR) is 262 cm³/mol. The lowest BCUT2D eigenvalue weighted by atomic mass is 9.81. The Morgan fingerprint density at radius 3 is 1.59 bits per heavy atom. The third-order valence-electron chi connectivity index (χ3n) is 13.5. The summed E-state index contributed by atoms with van der Waals surface area (Å²) in [5, 5.41) is 7.43. The fourth-order valence-corrected chi connectivity index (χ4v) is 10.5. The fraction of sp³-hybridized carbons (Fsp3) is 0.0508. The molecule has 1 aliphatic rings. The molecule has 0 amide bonds. The summed E-state index contributed by atoms with van der Waals surface area (Å²) in [6, 6.07) is 74.8. The molecule has 63 heavy (non-hydrogen) atoms. The van der Waals surface area contributed by atoms with Crippen LogP contribution in [-0.2, 0) is 5.41 Å². The topological polar surface area (TPSA) is 35.6 Å². The van der Waals surface area contributed by atoms with Gasteiger partial charge in [-0.2, -0.15) is 0 Å². The van der Waals surface area contributed by atoms with E-state index in [0.29, 0.717) is 0 Å². The summed E-state index contributed by atoms with van der Waals surface area (Å²) in [4.78, 5) is 10.7. The second-order valence-electron chi connectivity index (χ2n) is 17.4. The largest absolute Gasteiger partial charge is 0.309 e. The predicted octanol–water partition coefficient (Wildman–Crippen LogP) is 15.1. The number of fused-ring (bicyclic) bond motifs is 10. The van der Waals surface area contributed by atoms with Gasteiger partial charge in [-0.15, -0.1) is 0 Å². The maximum Gasteiger partial charge on any atom is 0.160 e. The van der Waals surface area contributed by atoms with Crippen molar-refractivity contribution in [3.63, 3.8) is 0 Å². The van der Waals surface area contributed by atoms with Gasteiger partial charge < -0.3 is 9.13 Å². The van der Waals surface area contributed by atoms with E-state index in [0.717, 1.165) is 34.0 Å². The molecule has 9 aromatic carbocycles. The monoisotopic (exact) mass is 804 g/mol. The van der Waals surface area contributed by atoms with Gasteiger partial charge in [0.05, 0.1) is 33.5 Å². The summed E-state index contributed by atoms with van der Waals surface area (Å²) >= 11 is 0. The van der Waals surface area contributed by atoms with Crippen LogP contribution in [0.2, 0.25) is 0 Å². The number of benzene rings is 9. The minimum Gasteiger partial charge on any atom is -0.309 e. The molecule has 0 aliphatic heterocycles. The van der Waals surface area contributed by atoms with Crippen LogP contribution in [0.3, 0.4) is 0 Å². The molecule has 0 spiro atoms. The molecule has 0 N–H and O–H groups in total. The lowest BCUT2D eigenvalue weighted by molar-refractivity contribution is 0.658. The van der Waals surface area contributed by atoms with E-state index >= 15 is 0 Å². The van der Waals surface area contributed by atoms with Crippen LogP contribution in [0.1, 0.15) is 25.0 Å². The van der Waals surface area contributed by atoms with Crippen molar-refractivity contribution in [1.82, 2.24) is 19.1 Å². The minimum absolute atomic E-state index is 0.221. The molecule has 1 aliphatic carbocycles. The number of nitrogens with zero attached hydrogens (tertiary/aromatic N) is 4. The Kier molecular flexibility index (Phi) is 7.62. The molecule has 0 bridgehead atoms. The Morgan fingerprint density at radius 1 is 0.365 bits per heavy atom. The van der Waals surface area contributed by atoms with Gasteiger partial charge in [-0.1, -0.05) is 147 Å². The van der Waals surface area contributed by atoms with Crippen molar-refractivity contribution < 1.29 is 0 Å². The van der Waals surface area contributed by atoms with Crippen LogP contribution in [0.5, 0.6) is 0 Å². The highest BCUT2D eigenvalue weighted by Gasteiger charge is 2.40. The Balaban J connectivity index is 0.913. The summed E-state index contributed by atoms with van der Waals surface area (Å²) in [6.45, 7) is 4.59. The number of rotatable bonds is 5. The van der Waals surface area contributed by atoms with Gasteiger partial charge in [0.25, 0.3) is 0 Å². The highest BCUT2D eigenvalue weighted by molar-refractivity contribution is 6.13. The molecule has 12 aromatic rings. The zero-order valence-electron chi connectivity index (χ0n) is 34.9. The van der Waals surface area contributed by atoms with Gasteiger partial charge in [0.15, 0.2) is 5.82 Å². The lowest BCUT2D eigenvalue weighted by Crippen LogP contribution is -2.17. The van der Waals surface area contributed by atoms with Gasteiger partial charge in [-0.3, -0.25) is 0 Å². The molecular weight excluding hydrogens is 765 g/mol. The van der Waals surface area contributed by atoms with Crippen LogP contribution in [0.25, 0.3) is 111 Å². The van der Waals surface area contributed by atoms with E-state index in [-0.39, 0.29) is 5.41 Å². The minimum atomic E-state index is -0.221. The normalized spacial score (nSPS) is 13.0. The second kappa shape index (κ2) is 13.5. The number of hydrogen-bond donors (Lipinski definition) is 0. The Morgan fingerprint density at radius 2 is 0.889 bits per heavy atom. The molecule has 0 unspecified atom stereocenters.